The van der Waals surface area contributed by atoms with Crippen LogP contribution >= 0.6 is 11.6 Å². The Balaban J connectivity index is 2.61. The number of H-pyrrole nitrogens is 1. The van der Waals surface area contributed by atoms with Crippen molar-refractivity contribution in [3.8, 4) is 0 Å². The van der Waals surface area contributed by atoms with Gasteiger partial charge >= 0.3 is 0 Å². The van der Waals surface area contributed by atoms with Gasteiger partial charge in [-0.3, -0.25) is 4.98 Å². The van der Waals surface area contributed by atoms with Crippen LogP contribution in [0.5, 0.6) is 0 Å². The molecule has 3 rings (SSSR count). The van der Waals surface area contributed by atoms with Crippen molar-refractivity contribution in [2.45, 2.75) is 6.92 Å². The number of nitrogens with zero attached hydrogens (tertiary/aromatic N) is 2. The van der Waals surface area contributed by atoms with Gasteiger partial charge in [0.2, 0.25) is 0 Å². The highest BCUT2D eigenvalue weighted by Crippen LogP contribution is 2.26. The van der Waals surface area contributed by atoms with Crippen LogP contribution in [-0.2, 0) is 0 Å². The summed E-state index contributed by atoms with van der Waals surface area (Å²) in [5.74, 6) is 0.807. The Hall–Kier alpha value is -1.61. The van der Waals surface area contributed by atoms with Crippen molar-refractivity contribution >= 4 is 33.4 Å². The third kappa shape index (κ3) is 1.20. The molecule has 0 saturated carbocycles. The first-order valence-corrected chi connectivity index (χ1v) is 5.03. The lowest BCUT2D eigenvalue weighted by Gasteiger charge is -2.03. The number of aryl methyl sites for hydroxylation is 1. The van der Waals surface area contributed by atoms with Gasteiger partial charge in [0.25, 0.3) is 0 Å². The molecule has 0 unspecified atom stereocenters. The molecule has 0 fully saturated rings. The molecular weight excluding hydrogens is 210 g/mol. The lowest BCUT2D eigenvalue weighted by Crippen LogP contribution is -1.90. The molecule has 2 aromatic heterocycles. The zero-order valence-corrected chi connectivity index (χ0v) is 8.84. The lowest BCUT2D eigenvalue weighted by atomic mass is 10.2. The van der Waals surface area contributed by atoms with Crippen LogP contribution in [0.25, 0.3) is 21.8 Å². The van der Waals surface area contributed by atoms with E-state index < -0.39 is 0 Å². The van der Waals surface area contributed by atoms with Crippen LogP contribution in [0, 0.1) is 6.92 Å². The molecule has 0 aliphatic heterocycles. The summed E-state index contributed by atoms with van der Waals surface area (Å²) in [6.45, 7) is 1.89. The second kappa shape index (κ2) is 2.94. The first kappa shape index (κ1) is 8.68. The maximum atomic E-state index is 6.11. The van der Waals surface area contributed by atoms with Crippen LogP contribution in [0.4, 0.5) is 0 Å². The van der Waals surface area contributed by atoms with Gasteiger partial charge in [-0.2, -0.15) is 0 Å². The van der Waals surface area contributed by atoms with E-state index in [4.69, 9.17) is 11.6 Å². The van der Waals surface area contributed by atoms with Crippen molar-refractivity contribution < 1.29 is 0 Å². The fourth-order valence-electron chi connectivity index (χ4n) is 1.79. The highest BCUT2D eigenvalue weighted by atomic mass is 35.5. The number of fused-ring (bicyclic) bond motifs is 3. The third-order valence-corrected chi connectivity index (χ3v) is 2.75. The zero-order chi connectivity index (χ0) is 10.4. The monoisotopic (exact) mass is 217 g/mol. The average molecular weight is 218 g/mol. The van der Waals surface area contributed by atoms with E-state index in [2.05, 4.69) is 15.0 Å². The van der Waals surface area contributed by atoms with Crippen LogP contribution in [0.1, 0.15) is 5.82 Å². The maximum absolute atomic E-state index is 6.11. The second-order valence-electron chi connectivity index (χ2n) is 3.48. The van der Waals surface area contributed by atoms with Crippen molar-refractivity contribution in [2.75, 3.05) is 0 Å². The predicted octanol–water partition coefficient (Wildman–Crippen LogP) is 3.07. The van der Waals surface area contributed by atoms with E-state index in [9.17, 15) is 0 Å². The smallest absolute Gasteiger partial charge is 0.117 e. The zero-order valence-electron chi connectivity index (χ0n) is 8.08. The highest BCUT2D eigenvalue weighted by molar-refractivity contribution is 6.34. The molecule has 15 heavy (non-hydrogen) atoms. The van der Waals surface area contributed by atoms with Crippen LogP contribution in [0.3, 0.4) is 0 Å². The van der Waals surface area contributed by atoms with Gasteiger partial charge in [0, 0.05) is 17.0 Å². The SMILES string of the molecule is Cc1nc2c(ccc3nccc32)c(Cl)[nH]1. The Labute approximate surface area is 91.1 Å². The number of hydrogen-bond acceptors (Lipinski definition) is 2. The molecule has 0 spiro atoms. The Morgan fingerprint density at radius 3 is 2.93 bits per heavy atom. The van der Waals surface area contributed by atoms with Crippen LogP contribution in [0.2, 0.25) is 5.15 Å². The van der Waals surface area contributed by atoms with Gasteiger partial charge in [-0.25, -0.2) is 4.98 Å². The summed E-state index contributed by atoms with van der Waals surface area (Å²) in [4.78, 5) is 11.7. The maximum Gasteiger partial charge on any atom is 0.117 e. The molecule has 4 heteroatoms. The normalized spacial score (nSPS) is 11.3. The molecule has 0 atom stereocenters. The summed E-state index contributed by atoms with van der Waals surface area (Å²) >= 11 is 6.11. The van der Waals surface area contributed by atoms with Gasteiger partial charge < -0.3 is 4.98 Å². The molecule has 0 aliphatic rings. The minimum atomic E-state index is 0.626. The predicted molar refractivity (Wildman–Crippen MR) is 61.1 cm³/mol. The van der Waals surface area contributed by atoms with Gasteiger partial charge in [-0.15, -0.1) is 0 Å². The minimum Gasteiger partial charge on any atom is -0.334 e. The number of benzene rings is 1. The molecule has 3 nitrogen and oxygen atoms in total. The summed E-state index contributed by atoms with van der Waals surface area (Å²) < 4.78 is 0. The van der Waals surface area contributed by atoms with Gasteiger partial charge in [0.15, 0.2) is 0 Å². The van der Waals surface area contributed by atoms with E-state index in [1.54, 1.807) is 6.20 Å². The summed E-state index contributed by atoms with van der Waals surface area (Å²) in [5.41, 5.74) is 1.86. The molecule has 2 heterocycles. The fourth-order valence-corrected chi connectivity index (χ4v) is 2.08. The van der Waals surface area contributed by atoms with Gasteiger partial charge in [0.1, 0.15) is 11.0 Å². The van der Waals surface area contributed by atoms with E-state index in [0.29, 0.717) is 5.15 Å². The van der Waals surface area contributed by atoms with Crippen LogP contribution in [0.15, 0.2) is 24.4 Å². The summed E-state index contributed by atoms with van der Waals surface area (Å²) in [6.07, 6.45) is 1.78. The van der Waals surface area contributed by atoms with Gasteiger partial charge in [-0.1, -0.05) is 11.6 Å². The van der Waals surface area contributed by atoms with E-state index >= 15 is 0 Å². The first-order valence-electron chi connectivity index (χ1n) is 4.65. The lowest BCUT2D eigenvalue weighted by molar-refractivity contribution is 1.09. The Kier molecular flexibility index (Phi) is 1.70. The molecule has 3 aromatic rings. The van der Waals surface area contributed by atoms with Gasteiger partial charge in [-0.05, 0) is 25.1 Å². The topological polar surface area (TPSA) is 41.6 Å². The number of halogens is 1. The Bertz CT molecular complexity index is 657. The van der Waals surface area contributed by atoms with E-state index in [1.165, 1.54) is 0 Å². The van der Waals surface area contributed by atoms with Crippen LogP contribution in [-0.4, -0.2) is 15.0 Å². The molecule has 0 bridgehead atoms. The third-order valence-electron chi connectivity index (χ3n) is 2.46. The average Bonchev–Trinajstić information content (AvgIpc) is 2.65. The molecule has 0 saturated heterocycles. The van der Waals surface area contributed by atoms with E-state index in [1.807, 2.05) is 25.1 Å². The molecule has 0 amide bonds. The minimum absolute atomic E-state index is 0.626. The number of rotatable bonds is 0. The molecule has 74 valence electrons. The number of aromatic amines is 1. The summed E-state index contributed by atoms with van der Waals surface area (Å²) in [5, 5.41) is 2.61. The molecule has 1 N–H and O–H groups in total. The van der Waals surface area contributed by atoms with E-state index in [0.717, 1.165) is 27.6 Å². The number of nitrogens with one attached hydrogen (secondary N) is 1. The first-order chi connectivity index (χ1) is 7.25. The van der Waals surface area contributed by atoms with Gasteiger partial charge in [0.05, 0.1) is 11.0 Å². The highest BCUT2D eigenvalue weighted by Gasteiger charge is 2.06. The molecule has 1 aromatic carbocycles. The largest absolute Gasteiger partial charge is 0.334 e. The second-order valence-corrected chi connectivity index (χ2v) is 3.85. The molecule has 0 radical (unpaired) electrons. The molecule has 0 aliphatic carbocycles. The quantitative estimate of drug-likeness (QED) is 0.588. The van der Waals surface area contributed by atoms with Crippen molar-refractivity contribution in [1.82, 2.24) is 15.0 Å². The van der Waals surface area contributed by atoms with Crippen LogP contribution < -0.4 is 0 Å². The molecular formula is C11H8ClN3. The van der Waals surface area contributed by atoms with Crippen molar-refractivity contribution in [3.05, 3.63) is 35.4 Å². The fraction of sp³-hybridized carbons (Fsp3) is 0.0909. The van der Waals surface area contributed by atoms with Crippen molar-refractivity contribution in [2.24, 2.45) is 0 Å². The number of hydrogen-bond donors (Lipinski definition) is 1. The van der Waals surface area contributed by atoms with E-state index in [-0.39, 0.29) is 0 Å². The van der Waals surface area contributed by atoms with Crippen molar-refractivity contribution in [1.29, 1.82) is 0 Å². The standard InChI is InChI=1S/C11H8ClN3/c1-6-14-10-7-4-5-13-9(7)3-2-8(10)11(12)15-6/h2-5H,1H3,(H,14,15). The summed E-state index contributed by atoms with van der Waals surface area (Å²) in [6, 6.07) is 5.85. The number of aromatic nitrogens is 3. The summed E-state index contributed by atoms with van der Waals surface area (Å²) in [7, 11) is 0. The Morgan fingerprint density at radius 2 is 2.07 bits per heavy atom. The van der Waals surface area contributed by atoms with Crippen molar-refractivity contribution in [3.63, 3.8) is 0 Å². The Morgan fingerprint density at radius 1 is 1.20 bits per heavy atom.